The summed E-state index contributed by atoms with van der Waals surface area (Å²) in [6.07, 6.45) is 5.78. The highest BCUT2D eigenvalue weighted by molar-refractivity contribution is 7.90. The minimum Gasteiger partial charge on any atom is -0.307 e. The van der Waals surface area contributed by atoms with Gasteiger partial charge >= 0.3 is 6.03 Å². The summed E-state index contributed by atoms with van der Waals surface area (Å²) in [6, 6.07) is 1.47. The number of urea groups is 1. The van der Waals surface area contributed by atoms with Gasteiger partial charge in [-0.3, -0.25) is 14.5 Å². The lowest BCUT2D eigenvalue weighted by Gasteiger charge is -2.17. The molecule has 0 saturated heterocycles. The number of anilines is 1. The van der Waals surface area contributed by atoms with Crippen molar-refractivity contribution >= 4 is 33.6 Å². The van der Waals surface area contributed by atoms with Crippen LogP contribution in [-0.2, 0) is 45.3 Å². The van der Waals surface area contributed by atoms with E-state index in [9.17, 15) is 22.8 Å². The van der Waals surface area contributed by atoms with Gasteiger partial charge in [-0.1, -0.05) is 6.07 Å². The quantitative estimate of drug-likeness (QED) is 0.682. The normalized spacial score (nSPS) is 14.7. The molecule has 3 rings (SSSR count). The number of carbonyl (C=O) groups is 3. The maximum atomic E-state index is 12.4. The highest BCUT2D eigenvalue weighted by atomic mass is 32.2. The summed E-state index contributed by atoms with van der Waals surface area (Å²) in [5.74, 6) is -1.15. The maximum absolute atomic E-state index is 12.4. The molecule has 0 aliphatic heterocycles. The van der Waals surface area contributed by atoms with Gasteiger partial charge in [0.15, 0.2) is 0 Å². The zero-order chi connectivity index (χ0) is 21.9. The van der Waals surface area contributed by atoms with E-state index < -0.39 is 22.0 Å². The third-order valence-electron chi connectivity index (χ3n) is 5.76. The van der Waals surface area contributed by atoms with Gasteiger partial charge in [-0.15, -0.1) is 0 Å². The number of nitrogens with one attached hydrogen (secondary N) is 2. The Morgan fingerprint density at radius 3 is 2.17 bits per heavy atom. The Balaban J connectivity index is 1.59. The molecule has 4 amide bonds. The lowest BCUT2D eigenvalue weighted by atomic mass is 9.99. The Morgan fingerprint density at radius 2 is 1.63 bits per heavy atom. The fourth-order valence-corrected chi connectivity index (χ4v) is 5.38. The zero-order valence-electron chi connectivity index (χ0n) is 17.5. The summed E-state index contributed by atoms with van der Waals surface area (Å²) in [6.45, 7) is 3.22. The summed E-state index contributed by atoms with van der Waals surface area (Å²) in [5, 5.41) is 2.79. The lowest BCUT2D eigenvalue weighted by molar-refractivity contribution is -0.143. The summed E-state index contributed by atoms with van der Waals surface area (Å²) in [7, 11) is -3.90. The van der Waals surface area contributed by atoms with Crippen molar-refractivity contribution < 1.29 is 22.8 Å². The van der Waals surface area contributed by atoms with E-state index in [1.807, 2.05) is 0 Å². The highest BCUT2D eigenvalue weighted by Crippen LogP contribution is 2.38. The Kier molecular flexibility index (Phi) is 6.80. The number of imide groups is 1. The van der Waals surface area contributed by atoms with E-state index in [1.165, 1.54) is 18.1 Å². The first-order valence-electron chi connectivity index (χ1n) is 10.5. The van der Waals surface area contributed by atoms with Crippen LogP contribution in [-0.4, -0.2) is 43.5 Å². The second kappa shape index (κ2) is 9.16. The van der Waals surface area contributed by atoms with Crippen molar-refractivity contribution in [2.24, 2.45) is 0 Å². The average Bonchev–Trinajstić information content (AvgIpc) is 3.30. The van der Waals surface area contributed by atoms with Gasteiger partial charge in [-0.2, -0.15) is 0 Å². The SMILES string of the molecule is CCN(C(C)=O)C(=O)CCCS(=O)(=O)NC(=O)Nc1c2c(cc3c1CCC3)CCC2. The minimum atomic E-state index is -3.90. The number of benzene rings is 1. The van der Waals surface area contributed by atoms with Crippen LogP contribution in [0.2, 0.25) is 0 Å². The average molecular weight is 436 g/mol. The Hall–Kier alpha value is -2.42. The van der Waals surface area contributed by atoms with E-state index >= 15 is 0 Å². The number of aryl methyl sites for hydroxylation is 2. The van der Waals surface area contributed by atoms with Gasteiger partial charge in [-0.05, 0) is 74.1 Å². The molecule has 2 N–H and O–H groups in total. The molecule has 30 heavy (non-hydrogen) atoms. The van der Waals surface area contributed by atoms with E-state index in [0.29, 0.717) is 0 Å². The van der Waals surface area contributed by atoms with Gasteiger partial charge in [0.05, 0.1) is 5.75 Å². The van der Waals surface area contributed by atoms with Crippen molar-refractivity contribution in [3.05, 3.63) is 28.3 Å². The van der Waals surface area contributed by atoms with Crippen LogP contribution in [0.4, 0.5) is 10.5 Å². The van der Waals surface area contributed by atoms with Crippen LogP contribution in [0.1, 0.15) is 61.8 Å². The molecule has 0 unspecified atom stereocenters. The first kappa shape index (κ1) is 22.3. The number of amides is 4. The maximum Gasteiger partial charge on any atom is 0.332 e. The minimum absolute atomic E-state index is 0.0291. The van der Waals surface area contributed by atoms with E-state index in [2.05, 4.69) is 16.1 Å². The van der Waals surface area contributed by atoms with E-state index in [-0.39, 0.29) is 31.0 Å². The van der Waals surface area contributed by atoms with Crippen molar-refractivity contribution in [1.82, 2.24) is 9.62 Å². The predicted octanol–water partition coefficient (Wildman–Crippen LogP) is 2.29. The molecule has 0 spiro atoms. The van der Waals surface area contributed by atoms with E-state index in [4.69, 9.17) is 0 Å². The fourth-order valence-electron chi connectivity index (χ4n) is 4.42. The first-order chi connectivity index (χ1) is 14.2. The molecule has 9 heteroatoms. The molecular weight excluding hydrogens is 406 g/mol. The van der Waals surface area contributed by atoms with Gasteiger partial charge in [0.2, 0.25) is 21.8 Å². The number of carbonyl (C=O) groups excluding carboxylic acids is 3. The van der Waals surface area contributed by atoms with Crippen molar-refractivity contribution in [1.29, 1.82) is 0 Å². The van der Waals surface area contributed by atoms with Crippen molar-refractivity contribution in [2.75, 3.05) is 17.6 Å². The van der Waals surface area contributed by atoms with Crippen LogP contribution in [0.3, 0.4) is 0 Å². The van der Waals surface area contributed by atoms with Gasteiger partial charge in [-0.25, -0.2) is 17.9 Å². The fraction of sp³-hybridized carbons (Fsp3) is 0.571. The van der Waals surface area contributed by atoms with Crippen molar-refractivity contribution in [2.45, 2.75) is 65.2 Å². The Bertz CT molecular complexity index is 939. The summed E-state index contributed by atoms with van der Waals surface area (Å²) in [4.78, 5) is 36.9. The van der Waals surface area contributed by atoms with Gasteiger partial charge < -0.3 is 5.32 Å². The monoisotopic (exact) mass is 435 g/mol. The smallest absolute Gasteiger partial charge is 0.307 e. The largest absolute Gasteiger partial charge is 0.332 e. The van der Waals surface area contributed by atoms with Crippen LogP contribution < -0.4 is 10.0 Å². The van der Waals surface area contributed by atoms with Gasteiger partial charge in [0.1, 0.15) is 0 Å². The lowest BCUT2D eigenvalue weighted by Crippen LogP contribution is -2.37. The van der Waals surface area contributed by atoms with E-state index in [1.54, 1.807) is 6.92 Å². The number of nitrogens with zero attached hydrogens (tertiary/aromatic N) is 1. The van der Waals surface area contributed by atoms with Crippen LogP contribution in [0, 0.1) is 0 Å². The number of rotatable bonds is 7. The van der Waals surface area contributed by atoms with Crippen LogP contribution in [0.25, 0.3) is 0 Å². The molecule has 0 fully saturated rings. The highest BCUT2D eigenvalue weighted by Gasteiger charge is 2.26. The number of hydrogen-bond acceptors (Lipinski definition) is 5. The van der Waals surface area contributed by atoms with Crippen LogP contribution in [0.5, 0.6) is 0 Å². The van der Waals surface area contributed by atoms with Crippen LogP contribution in [0.15, 0.2) is 6.07 Å². The molecule has 0 atom stereocenters. The molecule has 2 aliphatic carbocycles. The van der Waals surface area contributed by atoms with Crippen molar-refractivity contribution in [3.63, 3.8) is 0 Å². The molecular formula is C21H29N3O5S. The molecule has 2 aliphatic rings. The number of hydrogen-bond donors (Lipinski definition) is 2. The third-order valence-corrected chi connectivity index (χ3v) is 7.08. The number of fused-ring (bicyclic) bond motifs is 2. The zero-order valence-corrected chi connectivity index (χ0v) is 18.4. The molecule has 0 bridgehead atoms. The molecule has 8 nitrogen and oxygen atoms in total. The predicted molar refractivity (Wildman–Crippen MR) is 114 cm³/mol. The molecule has 1 aromatic carbocycles. The van der Waals surface area contributed by atoms with Crippen molar-refractivity contribution in [3.8, 4) is 0 Å². The molecule has 0 heterocycles. The molecule has 0 saturated carbocycles. The second-order valence-electron chi connectivity index (χ2n) is 7.87. The summed E-state index contributed by atoms with van der Waals surface area (Å²) in [5.41, 5.74) is 5.52. The Labute approximate surface area is 177 Å². The standard InChI is InChI=1S/C21H29N3O5S/c1-3-24(14(2)25)19(26)11-6-12-30(28,29)23-21(27)22-20-17-9-4-7-15(17)13-16-8-5-10-18(16)20/h13H,3-12H2,1-2H3,(H2,22,23,27). The van der Waals surface area contributed by atoms with Crippen LogP contribution >= 0.6 is 0 Å². The summed E-state index contributed by atoms with van der Waals surface area (Å²) >= 11 is 0. The van der Waals surface area contributed by atoms with Gasteiger partial charge in [0, 0.05) is 25.6 Å². The third kappa shape index (κ3) is 5.00. The first-order valence-corrected chi connectivity index (χ1v) is 12.2. The van der Waals surface area contributed by atoms with E-state index in [0.717, 1.165) is 60.2 Å². The van der Waals surface area contributed by atoms with Gasteiger partial charge in [0.25, 0.3) is 0 Å². The topological polar surface area (TPSA) is 113 Å². The number of sulfonamides is 1. The molecule has 1 aromatic rings. The summed E-state index contributed by atoms with van der Waals surface area (Å²) < 4.78 is 26.6. The Morgan fingerprint density at radius 1 is 1.03 bits per heavy atom. The molecule has 0 radical (unpaired) electrons. The molecule has 164 valence electrons. The second-order valence-corrected chi connectivity index (χ2v) is 9.71. The molecule has 0 aromatic heterocycles.